The van der Waals surface area contributed by atoms with Crippen molar-refractivity contribution in [2.24, 2.45) is 0 Å². The van der Waals surface area contributed by atoms with Crippen LogP contribution in [0.3, 0.4) is 0 Å². The fraction of sp³-hybridized carbons (Fsp3) is 0.381. The number of nitrogens with zero attached hydrogens (tertiary/aromatic N) is 5. The van der Waals surface area contributed by atoms with Gasteiger partial charge in [0.25, 0.3) is 5.56 Å². The van der Waals surface area contributed by atoms with E-state index >= 15 is 0 Å². The quantitative estimate of drug-likeness (QED) is 0.511. The Kier molecular flexibility index (Phi) is 4.57. The predicted octanol–water partition coefficient (Wildman–Crippen LogP) is 2.80. The monoisotopic (exact) mass is 406 g/mol. The van der Waals surface area contributed by atoms with Crippen LogP contribution in [0.15, 0.2) is 35.1 Å². The maximum atomic E-state index is 13.0. The average Bonchev–Trinajstić information content (AvgIpc) is 3.51. The first-order chi connectivity index (χ1) is 14.7. The van der Waals surface area contributed by atoms with Gasteiger partial charge in [-0.3, -0.25) is 9.36 Å². The van der Waals surface area contributed by atoms with Gasteiger partial charge in [-0.2, -0.15) is 9.50 Å². The Morgan fingerprint density at radius 2 is 1.97 bits per heavy atom. The molecule has 0 radical (unpaired) electrons. The van der Waals surface area contributed by atoms with Gasteiger partial charge in [0.2, 0.25) is 5.78 Å². The lowest BCUT2D eigenvalue weighted by Gasteiger charge is -2.02. The van der Waals surface area contributed by atoms with E-state index in [1.165, 1.54) is 12.8 Å². The Labute approximate surface area is 171 Å². The summed E-state index contributed by atoms with van der Waals surface area (Å²) in [5.41, 5.74) is 1.19. The third-order valence-electron chi connectivity index (χ3n) is 5.64. The fourth-order valence-electron chi connectivity index (χ4n) is 4.10. The van der Waals surface area contributed by atoms with Gasteiger partial charge in [-0.25, -0.2) is 9.78 Å². The number of imidazole rings is 1. The molecular formula is C21H22N6O3. The molecule has 0 bridgehead atoms. The van der Waals surface area contributed by atoms with Crippen molar-refractivity contribution in [2.75, 3.05) is 0 Å². The number of aromatic nitrogens is 6. The summed E-state index contributed by atoms with van der Waals surface area (Å²) in [5, 5.41) is 4.48. The summed E-state index contributed by atoms with van der Waals surface area (Å²) < 4.78 is 8.47. The number of nitrogens with one attached hydrogen (secondary N) is 1. The van der Waals surface area contributed by atoms with E-state index < -0.39 is 5.97 Å². The number of benzene rings is 1. The molecule has 5 rings (SSSR count). The zero-order chi connectivity index (χ0) is 20.7. The lowest BCUT2D eigenvalue weighted by Crippen LogP contribution is -2.22. The first kappa shape index (κ1) is 18.5. The van der Waals surface area contributed by atoms with E-state index in [4.69, 9.17) is 9.72 Å². The van der Waals surface area contributed by atoms with Gasteiger partial charge in [-0.05, 0) is 31.9 Å². The largest absolute Gasteiger partial charge is 0.454 e. The molecule has 1 N–H and O–H groups in total. The van der Waals surface area contributed by atoms with Crippen molar-refractivity contribution in [3.05, 3.63) is 57.9 Å². The topological polar surface area (TPSA) is 107 Å². The van der Waals surface area contributed by atoms with Crippen molar-refractivity contribution in [2.45, 2.75) is 51.7 Å². The SMILES string of the molecule is CCn1c(=O)c2[nH]c(C3CCCC3)nc2n2nc(COC(=O)c3ccccc3)nc12. The molecule has 1 fully saturated rings. The smallest absolute Gasteiger partial charge is 0.338 e. The molecule has 0 amide bonds. The van der Waals surface area contributed by atoms with Crippen LogP contribution in [0.25, 0.3) is 16.9 Å². The number of carbonyl (C=O) groups excluding carboxylic acids is 1. The lowest BCUT2D eigenvalue weighted by atomic mass is 10.1. The second-order valence-electron chi connectivity index (χ2n) is 7.53. The number of hydrogen-bond acceptors (Lipinski definition) is 6. The number of carbonyl (C=O) groups is 1. The highest BCUT2D eigenvalue weighted by atomic mass is 16.5. The average molecular weight is 406 g/mol. The summed E-state index contributed by atoms with van der Waals surface area (Å²) in [5.74, 6) is 1.44. The molecule has 1 aliphatic rings. The normalized spacial score (nSPS) is 14.7. The standard InChI is InChI=1S/C21H22N6O3/c1-2-26-19(28)16-18(24-17(23-16)13-8-6-7-9-13)27-21(26)22-15(25-27)12-30-20(29)14-10-4-3-5-11-14/h3-5,10-11,13H,2,6-9,12H2,1H3,(H,23,24). The van der Waals surface area contributed by atoms with Crippen LogP contribution in [0, 0.1) is 0 Å². The number of esters is 1. The Morgan fingerprint density at radius 3 is 2.70 bits per heavy atom. The molecule has 3 heterocycles. The maximum absolute atomic E-state index is 13.0. The van der Waals surface area contributed by atoms with Crippen molar-refractivity contribution in [1.29, 1.82) is 0 Å². The molecule has 0 saturated heterocycles. The van der Waals surface area contributed by atoms with Gasteiger partial charge in [0.05, 0.1) is 5.56 Å². The minimum atomic E-state index is -0.448. The molecule has 1 aliphatic carbocycles. The van der Waals surface area contributed by atoms with Gasteiger partial charge in [-0.15, -0.1) is 5.10 Å². The Balaban J connectivity index is 1.53. The molecular weight excluding hydrogens is 384 g/mol. The number of aryl methyl sites for hydroxylation is 1. The van der Waals surface area contributed by atoms with Crippen LogP contribution in [-0.4, -0.2) is 35.1 Å². The van der Waals surface area contributed by atoms with Crippen LogP contribution in [-0.2, 0) is 17.9 Å². The van der Waals surface area contributed by atoms with Crippen molar-refractivity contribution >= 4 is 22.9 Å². The third-order valence-corrected chi connectivity index (χ3v) is 5.64. The summed E-state index contributed by atoms with van der Waals surface area (Å²) in [7, 11) is 0. The van der Waals surface area contributed by atoms with E-state index in [-0.39, 0.29) is 12.2 Å². The summed E-state index contributed by atoms with van der Waals surface area (Å²) >= 11 is 0. The minimum absolute atomic E-state index is 0.0886. The van der Waals surface area contributed by atoms with Crippen molar-refractivity contribution in [1.82, 2.24) is 29.1 Å². The van der Waals surface area contributed by atoms with Gasteiger partial charge >= 0.3 is 5.97 Å². The molecule has 0 spiro atoms. The van der Waals surface area contributed by atoms with Crippen LogP contribution in [0.1, 0.15) is 60.5 Å². The van der Waals surface area contributed by atoms with E-state index in [2.05, 4.69) is 15.1 Å². The van der Waals surface area contributed by atoms with Crippen LogP contribution >= 0.6 is 0 Å². The van der Waals surface area contributed by atoms with Crippen LogP contribution < -0.4 is 5.56 Å². The molecule has 0 unspecified atom stereocenters. The number of hydrogen-bond donors (Lipinski definition) is 1. The highest BCUT2D eigenvalue weighted by molar-refractivity contribution is 5.89. The number of fused-ring (bicyclic) bond motifs is 3. The van der Waals surface area contributed by atoms with E-state index in [9.17, 15) is 9.59 Å². The first-order valence-corrected chi connectivity index (χ1v) is 10.3. The molecule has 1 aromatic carbocycles. The fourth-order valence-corrected chi connectivity index (χ4v) is 4.10. The summed E-state index contributed by atoms with van der Waals surface area (Å²) in [6.45, 7) is 2.23. The molecule has 9 nitrogen and oxygen atoms in total. The van der Waals surface area contributed by atoms with Crippen LogP contribution in [0.5, 0.6) is 0 Å². The third kappa shape index (κ3) is 3.06. The van der Waals surface area contributed by atoms with Gasteiger partial charge in [-0.1, -0.05) is 31.0 Å². The summed E-state index contributed by atoms with van der Waals surface area (Å²) in [4.78, 5) is 37.6. The Hall–Kier alpha value is -3.49. The van der Waals surface area contributed by atoms with Gasteiger partial charge in [0, 0.05) is 12.5 Å². The van der Waals surface area contributed by atoms with E-state index in [1.54, 1.807) is 33.3 Å². The number of H-pyrrole nitrogens is 1. The molecule has 0 aliphatic heterocycles. The highest BCUT2D eigenvalue weighted by Crippen LogP contribution is 2.33. The highest BCUT2D eigenvalue weighted by Gasteiger charge is 2.24. The Morgan fingerprint density at radius 1 is 1.20 bits per heavy atom. The second kappa shape index (κ2) is 7.40. The molecule has 1 saturated carbocycles. The summed E-state index contributed by atoms with van der Waals surface area (Å²) in [6, 6.07) is 8.75. The summed E-state index contributed by atoms with van der Waals surface area (Å²) in [6.07, 6.45) is 4.50. The Bertz CT molecular complexity index is 1280. The molecule has 4 aromatic rings. The molecule has 154 valence electrons. The molecule has 0 atom stereocenters. The lowest BCUT2D eigenvalue weighted by molar-refractivity contribution is 0.0462. The predicted molar refractivity (Wildman–Crippen MR) is 109 cm³/mol. The van der Waals surface area contributed by atoms with Crippen LogP contribution in [0.4, 0.5) is 0 Å². The number of aromatic amines is 1. The van der Waals surface area contributed by atoms with E-state index in [0.717, 1.165) is 18.7 Å². The maximum Gasteiger partial charge on any atom is 0.338 e. The number of ether oxygens (including phenoxy) is 1. The van der Waals surface area contributed by atoms with Crippen molar-refractivity contribution in [3.63, 3.8) is 0 Å². The van der Waals surface area contributed by atoms with E-state index in [0.29, 0.717) is 40.8 Å². The van der Waals surface area contributed by atoms with Crippen LogP contribution in [0.2, 0.25) is 0 Å². The second-order valence-corrected chi connectivity index (χ2v) is 7.53. The number of rotatable bonds is 5. The minimum Gasteiger partial charge on any atom is -0.454 e. The van der Waals surface area contributed by atoms with Crippen molar-refractivity contribution < 1.29 is 9.53 Å². The van der Waals surface area contributed by atoms with E-state index in [1.807, 2.05) is 13.0 Å². The van der Waals surface area contributed by atoms with Gasteiger partial charge < -0.3 is 9.72 Å². The zero-order valence-corrected chi connectivity index (χ0v) is 16.7. The van der Waals surface area contributed by atoms with Gasteiger partial charge in [0.15, 0.2) is 23.6 Å². The van der Waals surface area contributed by atoms with Gasteiger partial charge in [0.1, 0.15) is 5.82 Å². The molecule has 9 heteroatoms. The first-order valence-electron chi connectivity index (χ1n) is 10.3. The van der Waals surface area contributed by atoms with Crippen molar-refractivity contribution in [3.8, 4) is 0 Å². The molecule has 3 aromatic heterocycles. The zero-order valence-electron chi connectivity index (χ0n) is 16.7. The molecule has 30 heavy (non-hydrogen) atoms.